The lowest BCUT2D eigenvalue weighted by Gasteiger charge is -2.36. The van der Waals surface area contributed by atoms with Crippen molar-refractivity contribution in [3.05, 3.63) is 23.4 Å². The summed E-state index contributed by atoms with van der Waals surface area (Å²) in [6.45, 7) is 7.89. The van der Waals surface area contributed by atoms with Crippen LogP contribution in [0.2, 0.25) is 0 Å². The first-order chi connectivity index (χ1) is 10.0. The number of β-amino-alcohol motifs (C(OH)–C–C–N with tert-alkyl or cyclic N) is 1. The molecule has 116 valence electrons. The number of carbonyl (C=O) groups excluding carboxylic acids is 1. The number of esters is 1. The fourth-order valence-electron chi connectivity index (χ4n) is 2.58. The number of anilines is 1. The third-order valence-electron chi connectivity index (χ3n) is 3.70. The van der Waals surface area contributed by atoms with E-state index < -0.39 is 0 Å². The van der Waals surface area contributed by atoms with E-state index in [1.165, 1.54) is 7.11 Å². The van der Waals surface area contributed by atoms with Crippen molar-refractivity contribution in [1.29, 1.82) is 0 Å². The molecule has 0 spiro atoms. The molecule has 1 aliphatic heterocycles. The second kappa shape index (κ2) is 6.87. The molecule has 0 unspecified atom stereocenters. The number of methoxy groups -OCH3 is 1. The van der Waals surface area contributed by atoms with Crippen LogP contribution in [0.3, 0.4) is 0 Å². The summed E-state index contributed by atoms with van der Waals surface area (Å²) in [5.74, 6) is 0.533. The van der Waals surface area contributed by atoms with Crippen LogP contribution in [0, 0.1) is 6.92 Å². The van der Waals surface area contributed by atoms with Crippen molar-refractivity contribution in [3.63, 3.8) is 0 Å². The lowest BCUT2D eigenvalue weighted by molar-refractivity contribution is 0.0599. The summed E-state index contributed by atoms with van der Waals surface area (Å²) in [6.07, 6.45) is -0.295. The lowest BCUT2D eigenvalue weighted by atomic mass is 10.2. The maximum absolute atomic E-state index is 11.6. The average Bonchev–Trinajstić information content (AvgIpc) is 2.46. The van der Waals surface area contributed by atoms with Crippen LogP contribution < -0.4 is 4.90 Å². The Bertz CT molecular complexity index is 497. The molecule has 0 bridgehead atoms. The normalized spacial score (nSPS) is 17.6. The number of nitrogens with zero attached hydrogens (tertiary/aromatic N) is 3. The van der Waals surface area contributed by atoms with Crippen molar-refractivity contribution >= 4 is 11.8 Å². The third kappa shape index (κ3) is 3.92. The Morgan fingerprint density at radius 3 is 2.57 bits per heavy atom. The molecule has 0 saturated carbocycles. The SMILES string of the molecule is COC(=O)c1ccc(N2CCN(C[C@@H](C)O)CC2)nc1C. The minimum Gasteiger partial charge on any atom is -0.465 e. The van der Waals surface area contributed by atoms with E-state index >= 15 is 0 Å². The quantitative estimate of drug-likeness (QED) is 0.824. The number of ether oxygens (including phenoxy) is 1. The Morgan fingerprint density at radius 1 is 1.38 bits per heavy atom. The summed E-state index contributed by atoms with van der Waals surface area (Å²) >= 11 is 0. The number of aromatic nitrogens is 1. The number of aliphatic hydroxyl groups excluding tert-OH is 1. The molecule has 1 N–H and O–H groups in total. The van der Waals surface area contributed by atoms with E-state index in [1.807, 2.05) is 19.9 Å². The van der Waals surface area contributed by atoms with Crippen LogP contribution in [0.25, 0.3) is 0 Å². The molecule has 0 aliphatic carbocycles. The summed E-state index contributed by atoms with van der Waals surface area (Å²) in [5.41, 5.74) is 1.19. The van der Waals surface area contributed by atoms with Gasteiger partial charge in [-0.1, -0.05) is 0 Å². The van der Waals surface area contributed by atoms with Gasteiger partial charge in [-0.3, -0.25) is 4.90 Å². The Kier molecular flexibility index (Phi) is 5.14. The number of hydrogen-bond donors (Lipinski definition) is 1. The minimum absolute atomic E-state index is 0.295. The van der Waals surface area contributed by atoms with Gasteiger partial charge in [0.25, 0.3) is 0 Å². The largest absolute Gasteiger partial charge is 0.465 e. The minimum atomic E-state index is -0.353. The van der Waals surface area contributed by atoms with Crippen LogP contribution >= 0.6 is 0 Å². The molecule has 0 aromatic carbocycles. The molecule has 0 radical (unpaired) electrons. The first kappa shape index (κ1) is 15.7. The lowest BCUT2D eigenvalue weighted by Crippen LogP contribution is -2.48. The highest BCUT2D eigenvalue weighted by atomic mass is 16.5. The summed E-state index contributed by atoms with van der Waals surface area (Å²) in [6, 6.07) is 3.63. The third-order valence-corrected chi connectivity index (χ3v) is 3.70. The number of piperazine rings is 1. The van der Waals surface area contributed by atoms with Crippen molar-refractivity contribution in [2.24, 2.45) is 0 Å². The maximum Gasteiger partial charge on any atom is 0.339 e. The predicted octanol–water partition coefficient (Wildman–Crippen LogP) is 0.679. The highest BCUT2D eigenvalue weighted by Gasteiger charge is 2.20. The topological polar surface area (TPSA) is 65.9 Å². The molecule has 1 aromatic rings. The molecule has 6 heteroatoms. The number of aryl methyl sites for hydroxylation is 1. The molecule has 21 heavy (non-hydrogen) atoms. The van der Waals surface area contributed by atoms with Crippen LogP contribution in [-0.4, -0.2) is 66.9 Å². The van der Waals surface area contributed by atoms with Gasteiger partial charge in [0.2, 0.25) is 0 Å². The zero-order chi connectivity index (χ0) is 15.4. The molecule has 1 saturated heterocycles. The fraction of sp³-hybridized carbons (Fsp3) is 0.600. The van der Waals surface area contributed by atoms with Gasteiger partial charge >= 0.3 is 5.97 Å². The summed E-state index contributed by atoms with van der Waals surface area (Å²) < 4.78 is 4.73. The van der Waals surface area contributed by atoms with Gasteiger partial charge in [-0.25, -0.2) is 9.78 Å². The van der Waals surface area contributed by atoms with Crippen LogP contribution in [0.15, 0.2) is 12.1 Å². The van der Waals surface area contributed by atoms with Gasteiger partial charge in [0.15, 0.2) is 0 Å². The van der Waals surface area contributed by atoms with Crippen molar-refractivity contribution in [2.45, 2.75) is 20.0 Å². The van der Waals surface area contributed by atoms with E-state index in [0.29, 0.717) is 17.8 Å². The number of carbonyl (C=O) groups is 1. The Morgan fingerprint density at radius 2 is 2.05 bits per heavy atom. The van der Waals surface area contributed by atoms with Crippen LogP contribution in [-0.2, 0) is 4.74 Å². The zero-order valence-corrected chi connectivity index (χ0v) is 12.9. The molecular formula is C15H23N3O3. The van der Waals surface area contributed by atoms with Gasteiger partial charge in [-0.2, -0.15) is 0 Å². The van der Waals surface area contributed by atoms with E-state index in [9.17, 15) is 9.90 Å². The molecule has 1 aromatic heterocycles. The maximum atomic E-state index is 11.6. The van der Waals surface area contributed by atoms with Crippen molar-refractivity contribution in [3.8, 4) is 0 Å². The van der Waals surface area contributed by atoms with Gasteiger partial charge in [0, 0.05) is 32.7 Å². The fourth-order valence-corrected chi connectivity index (χ4v) is 2.58. The van der Waals surface area contributed by atoms with E-state index in [2.05, 4.69) is 14.8 Å². The molecule has 1 atom stereocenters. The number of pyridine rings is 1. The van der Waals surface area contributed by atoms with Gasteiger partial charge in [0.1, 0.15) is 5.82 Å². The summed E-state index contributed by atoms with van der Waals surface area (Å²) in [5, 5.41) is 9.42. The molecule has 2 heterocycles. The van der Waals surface area contributed by atoms with Crippen LogP contribution in [0.5, 0.6) is 0 Å². The van der Waals surface area contributed by atoms with Crippen LogP contribution in [0.4, 0.5) is 5.82 Å². The smallest absolute Gasteiger partial charge is 0.339 e. The molecule has 2 rings (SSSR count). The van der Waals surface area contributed by atoms with E-state index in [0.717, 1.165) is 32.0 Å². The van der Waals surface area contributed by atoms with E-state index in [-0.39, 0.29) is 12.1 Å². The average molecular weight is 293 g/mol. The van der Waals surface area contributed by atoms with Gasteiger partial charge in [-0.05, 0) is 26.0 Å². The van der Waals surface area contributed by atoms with E-state index in [1.54, 1.807) is 6.07 Å². The Hall–Kier alpha value is -1.66. The standard InChI is InChI=1S/C15H23N3O3/c1-11(19)10-17-6-8-18(9-7-17)14-5-4-13(12(2)16-14)15(20)21-3/h4-5,11,19H,6-10H2,1-3H3/t11-/m1/s1. The van der Waals surface area contributed by atoms with Crippen LogP contribution in [0.1, 0.15) is 23.0 Å². The predicted molar refractivity (Wildman–Crippen MR) is 80.6 cm³/mol. The highest BCUT2D eigenvalue weighted by Crippen LogP contribution is 2.17. The summed E-state index contributed by atoms with van der Waals surface area (Å²) in [7, 11) is 1.37. The molecule has 1 fully saturated rings. The van der Waals surface area contributed by atoms with Crippen molar-refractivity contribution in [1.82, 2.24) is 9.88 Å². The van der Waals surface area contributed by atoms with E-state index in [4.69, 9.17) is 4.74 Å². The van der Waals surface area contributed by atoms with Crippen molar-refractivity contribution in [2.75, 3.05) is 44.7 Å². The number of rotatable bonds is 4. The second-order valence-corrected chi connectivity index (χ2v) is 5.43. The summed E-state index contributed by atoms with van der Waals surface area (Å²) in [4.78, 5) is 20.5. The number of aliphatic hydroxyl groups is 1. The molecule has 6 nitrogen and oxygen atoms in total. The van der Waals surface area contributed by atoms with Gasteiger partial charge < -0.3 is 14.7 Å². The first-order valence-electron chi connectivity index (χ1n) is 7.22. The zero-order valence-electron chi connectivity index (χ0n) is 12.9. The second-order valence-electron chi connectivity index (χ2n) is 5.43. The van der Waals surface area contributed by atoms with Gasteiger partial charge in [-0.15, -0.1) is 0 Å². The number of hydrogen-bond acceptors (Lipinski definition) is 6. The Balaban J connectivity index is 2.01. The highest BCUT2D eigenvalue weighted by molar-refractivity contribution is 5.90. The molecule has 0 amide bonds. The van der Waals surface area contributed by atoms with Gasteiger partial charge in [0.05, 0.1) is 24.5 Å². The van der Waals surface area contributed by atoms with Crippen molar-refractivity contribution < 1.29 is 14.6 Å². The first-order valence-corrected chi connectivity index (χ1v) is 7.22. The Labute approximate surface area is 125 Å². The molecule has 1 aliphatic rings. The molecular weight excluding hydrogens is 270 g/mol. The monoisotopic (exact) mass is 293 g/mol.